The summed E-state index contributed by atoms with van der Waals surface area (Å²) in [5.74, 6) is -0.301. The average molecular weight is 299 g/mol. The van der Waals surface area contributed by atoms with Crippen LogP contribution < -0.4 is 5.32 Å². The molecule has 0 saturated carbocycles. The lowest BCUT2D eigenvalue weighted by atomic mass is 10.0. The number of carbonyl (C=O) groups is 2. The van der Waals surface area contributed by atoms with E-state index in [-0.39, 0.29) is 22.7 Å². The van der Waals surface area contributed by atoms with Gasteiger partial charge < -0.3 is 10.2 Å². The smallest absolute Gasteiger partial charge is 0.272 e. The van der Waals surface area contributed by atoms with Gasteiger partial charge in [0.1, 0.15) is 6.04 Å². The van der Waals surface area contributed by atoms with Gasteiger partial charge in [-0.2, -0.15) is 0 Å². The third kappa shape index (κ3) is 4.77. The molecule has 0 fully saturated rings. The highest BCUT2D eigenvalue weighted by molar-refractivity contribution is 6.29. The largest absolute Gasteiger partial charge is 0.347 e. The highest BCUT2D eigenvalue weighted by Crippen LogP contribution is 2.08. The molecule has 20 heavy (non-hydrogen) atoms. The maximum atomic E-state index is 12.1. The molecule has 0 aliphatic carbocycles. The second kappa shape index (κ2) is 7.19. The molecule has 1 aromatic heterocycles. The van der Waals surface area contributed by atoms with Gasteiger partial charge in [0.2, 0.25) is 5.91 Å². The van der Waals surface area contributed by atoms with Gasteiger partial charge in [0.15, 0.2) is 10.8 Å². The van der Waals surface area contributed by atoms with E-state index in [1.807, 2.05) is 13.8 Å². The molecule has 0 aliphatic rings. The monoisotopic (exact) mass is 298 g/mol. The van der Waals surface area contributed by atoms with Gasteiger partial charge in [0.25, 0.3) is 5.91 Å². The van der Waals surface area contributed by atoms with Crippen LogP contribution in [0.5, 0.6) is 0 Å². The van der Waals surface area contributed by atoms with Crippen LogP contribution in [0, 0.1) is 5.92 Å². The summed E-state index contributed by atoms with van der Waals surface area (Å²) in [6, 6.07) is 2.38. The van der Waals surface area contributed by atoms with Gasteiger partial charge in [-0.05, 0) is 24.5 Å². The van der Waals surface area contributed by atoms with E-state index >= 15 is 0 Å². The van der Waals surface area contributed by atoms with Crippen molar-refractivity contribution in [1.29, 1.82) is 0 Å². The van der Waals surface area contributed by atoms with Crippen LogP contribution in [0.3, 0.4) is 0 Å². The van der Waals surface area contributed by atoms with Crippen LogP contribution in [-0.2, 0) is 4.79 Å². The Morgan fingerprint density at radius 1 is 1.30 bits per heavy atom. The topological polar surface area (TPSA) is 75.2 Å². The molecule has 1 N–H and O–H groups in total. The van der Waals surface area contributed by atoms with Crippen LogP contribution >= 0.6 is 11.6 Å². The average Bonchev–Trinajstić information content (AvgIpc) is 2.37. The van der Waals surface area contributed by atoms with Crippen molar-refractivity contribution in [3.05, 3.63) is 23.0 Å². The summed E-state index contributed by atoms with van der Waals surface area (Å²) < 4.78 is 0. The van der Waals surface area contributed by atoms with E-state index in [2.05, 4.69) is 15.5 Å². The van der Waals surface area contributed by atoms with Crippen molar-refractivity contribution < 1.29 is 9.59 Å². The van der Waals surface area contributed by atoms with Crippen LogP contribution in [0.1, 0.15) is 30.8 Å². The zero-order valence-corrected chi connectivity index (χ0v) is 12.8. The third-order valence-electron chi connectivity index (χ3n) is 2.62. The molecule has 6 nitrogen and oxygen atoms in total. The molecule has 1 atom stereocenters. The molecule has 0 radical (unpaired) electrons. The van der Waals surface area contributed by atoms with Gasteiger partial charge in [-0.15, -0.1) is 10.2 Å². The first-order chi connectivity index (χ1) is 9.31. The molecular formula is C13H19ClN4O2. The molecule has 2 amide bonds. The highest BCUT2D eigenvalue weighted by atomic mass is 35.5. The van der Waals surface area contributed by atoms with Crippen LogP contribution in [-0.4, -0.2) is 47.0 Å². The molecule has 0 bridgehead atoms. The van der Waals surface area contributed by atoms with Gasteiger partial charge in [-0.3, -0.25) is 9.59 Å². The Labute approximate surface area is 123 Å². The fourth-order valence-corrected chi connectivity index (χ4v) is 1.77. The number of hydrogen-bond donors (Lipinski definition) is 1. The Morgan fingerprint density at radius 3 is 2.40 bits per heavy atom. The highest BCUT2D eigenvalue weighted by Gasteiger charge is 2.24. The molecule has 0 aromatic carbocycles. The minimum Gasteiger partial charge on any atom is -0.347 e. The SMILES string of the molecule is CC(C)CC(NC(=O)c1ccc(Cl)nn1)C(=O)N(C)C. The Kier molecular flexibility index (Phi) is 5.88. The molecule has 1 heterocycles. The van der Waals surface area contributed by atoms with Gasteiger partial charge in [-0.25, -0.2) is 0 Å². The first kappa shape index (κ1) is 16.4. The summed E-state index contributed by atoms with van der Waals surface area (Å²) in [5.41, 5.74) is 0.134. The quantitative estimate of drug-likeness (QED) is 0.890. The molecule has 7 heteroatoms. The number of hydrogen-bond acceptors (Lipinski definition) is 4. The van der Waals surface area contributed by atoms with Crippen LogP contribution in [0.15, 0.2) is 12.1 Å². The van der Waals surface area contributed by atoms with Crippen molar-refractivity contribution in [3.63, 3.8) is 0 Å². The van der Waals surface area contributed by atoms with Crippen molar-refractivity contribution in [2.24, 2.45) is 5.92 Å². The predicted octanol–water partition coefficient (Wildman–Crippen LogP) is 1.36. The molecule has 0 saturated heterocycles. The summed E-state index contributed by atoms with van der Waals surface area (Å²) in [4.78, 5) is 25.6. The summed E-state index contributed by atoms with van der Waals surface area (Å²) in [6.45, 7) is 3.98. The Bertz CT molecular complexity index is 474. The van der Waals surface area contributed by atoms with Gasteiger partial charge in [0, 0.05) is 14.1 Å². The van der Waals surface area contributed by atoms with Crippen molar-refractivity contribution in [2.75, 3.05) is 14.1 Å². The fourth-order valence-electron chi connectivity index (χ4n) is 1.67. The molecule has 0 spiro atoms. The van der Waals surface area contributed by atoms with Crippen LogP contribution in [0.25, 0.3) is 0 Å². The number of rotatable bonds is 5. The number of halogens is 1. The molecular weight excluding hydrogens is 280 g/mol. The predicted molar refractivity (Wildman–Crippen MR) is 76.4 cm³/mol. The lowest BCUT2D eigenvalue weighted by molar-refractivity contribution is -0.131. The van der Waals surface area contributed by atoms with Gasteiger partial charge in [0.05, 0.1) is 0 Å². The summed E-state index contributed by atoms with van der Waals surface area (Å²) in [5, 5.41) is 10.2. The maximum Gasteiger partial charge on any atom is 0.272 e. The van der Waals surface area contributed by atoms with Gasteiger partial charge in [-0.1, -0.05) is 25.4 Å². The van der Waals surface area contributed by atoms with E-state index in [1.54, 1.807) is 14.1 Å². The maximum absolute atomic E-state index is 12.1. The second-order valence-corrected chi connectivity index (χ2v) is 5.52. The molecule has 1 rings (SSSR count). The van der Waals surface area contributed by atoms with Crippen LogP contribution in [0.2, 0.25) is 5.15 Å². The number of nitrogens with one attached hydrogen (secondary N) is 1. The first-order valence-corrected chi connectivity index (χ1v) is 6.70. The third-order valence-corrected chi connectivity index (χ3v) is 2.82. The summed E-state index contributed by atoms with van der Waals surface area (Å²) >= 11 is 5.62. The van der Waals surface area contributed by atoms with E-state index in [4.69, 9.17) is 11.6 Å². The van der Waals surface area contributed by atoms with E-state index in [9.17, 15) is 9.59 Å². The number of amides is 2. The van der Waals surface area contributed by atoms with E-state index < -0.39 is 11.9 Å². The zero-order chi connectivity index (χ0) is 15.3. The minimum absolute atomic E-state index is 0.134. The fraction of sp³-hybridized carbons (Fsp3) is 0.538. The standard InChI is InChI=1S/C13H19ClN4O2/c1-8(2)7-10(13(20)18(3)4)15-12(19)9-5-6-11(14)17-16-9/h5-6,8,10H,7H2,1-4H3,(H,15,19). The van der Waals surface area contributed by atoms with E-state index in [0.717, 1.165) is 0 Å². The molecule has 1 unspecified atom stereocenters. The number of aromatic nitrogens is 2. The van der Waals surface area contributed by atoms with Crippen molar-refractivity contribution in [1.82, 2.24) is 20.4 Å². The summed E-state index contributed by atoms with van der Waals surface area (Å²) in [6.07, 6.45) is 0.559. The van der Waals surface area contributed by atoms with Crippen molar-refractivity contribution >= 4 is 23.4 Å². The normalized spacial score (nSPS) is 12.1. The first-order valence-electron chi connectivity index (χ1n) is 6.32. The number of carbonyl (C=O) groups excluding carboxylic acids is 2. The molecule has 0 aliphatic heterocycles. The van der Waals surface area contributed by atoms with Crippen molar-refractivity contribution in [2.45, 2.75) is 26.3 Å². The lowest BCUT2D eigenvalue weighted by Crippen LogP contribution is -2.47. The number of likely N-dealkylation sites (N-methyl/N-ethyl adjacent to an activating group) is 1. The van der Waals surface area contributed by atoms with E-state index in [0.29, 0.717) is 6.42 Å². The second-order valence-electron chi connectivity index (χ2n) is 5.13. The van der Waals surface area contributed by atoms with Crippen LogP contribution in [0.4, 0.5) is 0 Å². The summed E-state index contributed by atoms with van der Waals surface area (Å²) in [7, 11) is 3.31. The Balaban J connectivity index is 2.81. The van der Waals surface area contributed by atoms with Gasteiger partial charge >= 0.3 is 0 Å². The van der Waals surface area contributed by atoms with E-state index in [1.165, 1.54) is 17.0 Å². The lowest BCUT2D eigenvalue weighted by Gasteiger charge is -2.22. The Morgan fingerprint density at radius 2 is 1.95 bits per heavy atom. The Hall–Kier alpha value is -1.69. The zero-order valence-electron chi connectivity index (χ0n) is 12.1. The molecule has 1 aromatic rings. The number of nitrogens with zero attached hydrogens (tertiary/aromatic N) is 3. The van der Waals surface area contributed by atoms with Crippen molar-refractivity contribution in [3.8, 4) is 0 Å². The minimum atomic E-state index is -0.574. The molecule has 110 valence electrons.